The fourth-order valence-corrected chi connectivity index (χ4v) is 4.32. The van der Waals surface area contributed by atoms with Crippen molar-refractivity contribution in [2.45, 2.75) is 77.5 Å². The lowest BCUT2D eigenvalue weighted by Gasteiger charge is -2.28. The number of rotatable bonds is 18. The Morgan fingerprint density at radius 2 is 1.53 bits per heavy atom. The van der Waals surface area contributed by atoms with E-state index in [1.807, 2.05) is 64.3 Å². The molecule has 0 radical (unpaired) electrons. The standard InChI is InChI=1S/C27H42N4O6S/c1-6-18(4)23(31-24(33)20(28-16-32)12-13-38-5)26(35)29-21(15-19-10-8-7-9-11-19)25(34)30-22(27(36)37)14-17(2)3/h7-11,16-18,20-23H,6,12-15H2,1-5H3,(H,28,32)(H,29,35)(H,30,34)(H,31,33)(H,36,37)/t18-,20-,21-,22-,23-/m0/s1. The summed E-state index contributed by atoms with van der Waals surface area (Å²) in [6.07, 6.45) is 3.68. The van der Waals surface area contributed by atoms with Crippen molar-refractivity contribution in [2.24, 2.45) is 11.8 Å². The number of carbonyl (C=O) groups is 5. The van der Waals surface area contributed by atoms with E-state index in [2.05, 4.69) is 21.3 Å². The molecule has 38 heavy (non-hydrogen) atoms. The Kier molecular flexibility index (Phi) is 15.1. The molecule has 5 atom stereocenters. The number of nitrogens with one attached hydrogen (secondary N) is 4. The average molecular weight is 551 g/mol. The quantitative estimate of drug-likeness (QED) is 0.174. The fraction of sp³-hybridized carbons (Fsp3) is 0.593. The highest BCUT2D eigenvalue weighted by atomic mass is 32.2. The number of benzene rings is 1. The average Bonchev–Trinajstić information content (AvgIpc) is 2.88. The van der Waals surface area contributed by atoms with Gasteiger partial charge in [-0.15, -0.1) is 0 Å². The van der Waals surface area contributed by atoms with Crippen molar-refractivity contribution in [3.05, 3.63) is 35.9 Å². The van der Waals surface area contributed by atoms with Crippen molar-refractivity contribution >= 4 is 41.9 Å². The number of aliphatic carboxylic acids is 1. The molecule has 0 spiro atoms. The first-order valence-electron chi connectivity index (χ1n) is 12.9. The van der Waals surface area contributed by atoms with Gasteiger partial charge in [0.15, 0.2) is 0 Å². The van der Waals surface area contributed by atoms with Crippen LogP contribution >= 0.6 is 11.8 Å². The maximum absolute atomic E-state index is 13.5. The van der Waals surface area contributed by atoms with Crippen molar-refractivity contribution in [3.8, 4) is 0 Å². The summed E-state index contributed by atoms with van der Waals surface area (Å²) in [5.74, 6) is -2.43. The number of carbonyl (C=O) groups excluding carboxylic acids is 4. The highest BCUT2D eigenvalue weighted by Gasteiger charge is 2.33. The van der Waals surface area contributed by atoms with Crippen LogP contribution in [0.4, 0.5) is 0 Å². The molecule has 0 heterocycles. The summed E-state index contributed by atoms with van der Waals surface area (Å²) in [6.45, 7) is 7.40. The number of carboxylic acids is 1. The summed E-state index contributed by atoms with van der Waals surface area (Å²) >= 11 is 1.53. The Bertz CT molecular complexity index is 914. The van der Waals surface area contributed by atoms with Crippen LogP contribution < -0.4 is 21.3 Å². The van der Waals surface area contributed by atoms with E-state index in [-0.39, 0.29) is 24.7 Å². The van der Waals surface area contributed by atoms with Crippen LogP contribution in [0.5, 0.6) is 0 Å². The smallest absolute Gasteiger partial charge is 0.326 e. The monoisotopic (exact) mass is 550 g/mol. The van der Waals surface area contributed by atoms with Crippen LogP contribution in [0, 0.1) is 11.8 Å². The van der Waals surface area contributed by atoms with Gasteiger partial charge in [0.2, 0.25) is 24.1 Å². The van der Waals surface area contributed by atoms with Gasteiger partial charge in [0.05, 0.1) is 0 Å². The summed E-state index contributed by atoms with van der Waals surface area (Å²) < 4.78 is 0. The largest absolute Gasteiger partial charge is 0.480 e. The molecule has 5 N–H and O–H groups in total. The number of carboxylic acid groups (broad SMARTS) is 1. The van der Waals surface area contributed by atoms with Crippen LogP contribution in [-0.2, 0) is 30.4 Å². The zero-order valence-corrected chi connectivity index (χ0v) is 23.7. The van der Waals surface area contributed by atoms with E-state index in [0.29, 0.717) is 25.0 Å². The lowest BCUT2D eigenvalue weighted by molar-refractivity contribution is -0.142. The summed E-state index contributed by atoms with van der Waals surface area (Å²) in [7, 11) is 0. The van der Waals surface area contributed by atoms with E-state index in [4.69, 9.17) is 0 Å². The van der Waals surface area contributed by atoms with Crippen LogP contribution in [0.2, 0.25) is 0 Å². The predicted molar refractivity (Wildman–Crippen MR) is 148 cm³/mol. The summed E-state index contributed by atoms with van der Waals surface area (Å²) in [6, 6.07) is 5.14. The third kappa shape index (κ3) is 11.5. The van der Waals surface area contributed by atoms with E-state index in [1.54, 1.807) is 0 Å². The van der Waals surface area contributed by atoms with Crippen LogP contribution in [0.1, 0.15) is 52.5 Å². The third-order valence-corrected chi connectivity index (χ3v) is 6.87. The van der Waals surface area contributed by atoms with E-state index >= 15 is 0 Å². The Labute approximate surface area is 229 Å². The minimum atomic E-state index is -1.15. The highest BCUT2D eigenvalue weighted by Crippen LogP contribution is 2.12. The van der Waals surface area contributed by atoms with E-state index < -0.39 is 47.9 Å². The molecule has 1 aromatic carbocycles. The van der Waals surface area contributed by atoms with Gasteiger partial charge in [-0.3, -0.25) is 19.2 Å². The van der Waals surface area contributed by atoms with Gasteiger partial charge < -0.3 is 26.4 Å². The highest BCUT2D eigenvalue weighted by molar-refractivity contribution is 7.98. The van der Waals surface area contributed by atoms with Gasteiger partial charge in [-0.05, 0) is 42.2 Å². The zero-order chi connectivity index (χ0) is 28.7. The Morgan fingerprint density at radius 3 is 2.05 bits per heavy atom. The van der Waals surface area contributed by atoms with Gasteiger partial charge >= 0.3 is 5.97 Å². The van der Waals surface area contributed by atoms with Gasteiger partial charge in [0.25, 0.3) is 0 Å². The zero-order valence-electron chi connectivity index (χ0n) is 22.9. The van der Waals surface area contributed by atoms with Gasteiger partial charge in [-0.1, -0.05) is 64.4 Å². The Hall–Kier alpha value is -3.08. The maximum Gasteiger partial charge on any atom is 0.326 e. The molecule has 0 aromatic heterocycles. The van der Waals surface area contributed by atoms with Crippen molar-refractivity contribution < 1.29 is 29.1 Å². The molecule has 0 saturated heterocycles. The van der Waals surface area contributed by atoms with E-state index in [1.165, 1.54) is 11.8 Å². The van der Waals surface area contributed by atoms with Gasteiger partial charge in [0, 0.05) is 6.42 Å². The molecule has 0 bridgehead atoms. The number of hydrogen-bond donors (Lipinski definition) is 5. The van der Waals surface area contributed by atoms with E-state index in [0.717, 1.165) is 5.56 Å². The first-order valence-corrected chi connectivity index (χ1v) is 14.3. The fourth-order valence-electron chi connectivity index (χ4n) is 3.85. The third-order valence-electron chi connectivity index (χ3n) is 6.23. The minimum absolute atomic E-state index is 0.0302. The lowest BCUT2D eigenvalue weighted by atomic mass is 9.96. The first kappa shape index (κ1) is 32.9. The molecule has 212 valence electrons. The predicted octanol–water partition coefficient (Wildman–Crippen LogP) is 1.73. The second-order valence-electron chi connectivity index (χ2n) is 9.77. The summed E-state index contributed by atoms with van der Waals surface area (Å²) in [5, 5.41) is 20.1. The molecule has 0 aliphatic rings. The second-order valence-corrected chi connectivity index (χ2v) is 10.8. The number of hydrogen-bond acceptors (Lipinski definition) is 6. The molecular weight excluding hydrogens is 508 g/mol. The normalized spacial score (nSPS) is 14.9. The van der Waals surface area contributed by atoms with Crippen LogP contribution in [0.25, 0.3) is 0 Å². The molecule has 0 aliphatic carbocycles. The molecule has 1 rings (SSSR count). The first-order chi connectivity index (χ1) is 18.0. The van der Waals surface area contributed by atoms with Crippen molar-refractivity contribution in [1.82, 2.24) is 21.3 Å². The lowest BCUT2D eigenvalue weighted by Crippen LogP contribution is -2.59. The molecule has 10 nitrogen and oxygen atoms in total. The van der Waals surface area contributed by atoms with Gasteiger partial charge in [-0.25, -0.2) is 4.79 Å². The molecular formula is C27H42N4O6S. The van der Waals surface area contributed by atoms with Crippen LogP contribution in [0.15, 0.2) is 30.3 Å². The van der Waals surface area contributed by atoms with Crippen molar-refractivity contribution in [3.63, 3.8) is 0 Å². The molecule has 0 unspecified atom stereocenters. The maximum atomic E-state index is 13.5. The van der Waals surface area contributed by atoms with Gasteiger partial charge in [0.1, 0.15) is 24.2 Å². The molecule has 0 fully saturated rings. The molecule has 11 heteroatoms. The molecule has 0 saturated carbocycles. The van der Waals surface area contributed by atoms with E-state index in [9.17, 15) is 29.1 Å². The Balaban J connectivity index is 3.17. The van der Waals surface area contributed by atoms with Gasteiger partial charge in [-0.2, -0.15) is 11.8 Å². The van der Waals surface area contributed by atoms with Crippen LogP contribution in [0.3, 0.4) is 0 Å². The number of thioether (sulfide) groups is 1. The summed E-state index contributed by atoms with van der Waals surface area (Å²) in [5.41, 5.74) is 0.778. The molecule has 4 amide bonds. The second kappa shape index (κ2) is 17.4. The summed E-state index contributed by atoms with van der Waals surface area (Å²) in [4.78, 5) is 62.4. The molecule has 1 aromatic rings. The van der Waals surface area contributed by atoms with Crippen molar-refractivity contribution in [2.75, 3.05) is 12.0 Å². The topological polar surface area (TPSA) is 154 Å². The van der Waals surface area contributed by atoms with Crippen LogP contribution in [-0.4, -0.2) is 71.4 Å². The minimum Gasteiger partial charge on any atom is -0.480 e. The van der Waals surface area contributed by atoms with Crippen molar-refractivity contribution in [1.29, 1.82) is 0 Å². The Morgan fingerprint density at radius 1 is 0.921 bits per heavy atom. The SMILES string of the molecule is CC[C@H](C)[C@H](NC(=O)[C@H](CCSC)NC=O)C(=O)N[C@@H](Cc1ccccc1)C(=O)N[C@@H](CC(C)C)C(=O)O. The number of amides is 4. The molecule has 0 aliphatic heterocycles.